The van der Waals surface area contributed by atoms with Crippen LogP contribution in [0.2, 0.25) is 10.0 Å². The molecule has 60 heavy (non-hydrogen) atoms. The van der Waals surface area contributed by atoms with Crippen molar-refractivity contribution in [3.05, 3.63) is 116 Å². The second-order valence-electron chi connectivity index (χ2n) is 17.6. The molecule has 2 atom stereocenters. The lowest BCUT2D eigenvalue weighted by molar-refractivity contribution is 0.341. The first-order valence-electron chi connectivity index (χ1n) is 22.8. The number of fused-ring (bicyclic) bond motifs is 2. The van der Waals surface area contributed by atoms with Crippen LogP contribution in [0.1, 0.15) is 122 Å². The molecule has 0 saturated carbocycles. The van der Waals surface area contributed by atoms with Crippen molar-refractivity contribution >= 4 is 46.0 Å². The topological polar surface area (TPSA) is 67.2 Å². The summed E-state index contributed by atoms with van der Waals surface area (Å²) >= 11 is 12.0. The second-order valence-corrected chi connectivity index (χ2v) is 18.5. The summed E-state index contributed by atoms with van der Waals surface area (Å²) in [7, 11) is 0. The molecule has 0 spiro atoms. The van der Waals surface area contributed by atoms with Crippen LogP contribution >= 0.6 is 23.2 Å². The molecule has 0 radical (unpaired) electrons. The van der Waals surface area contributed by atoms with Gasteiger partial charge in [-0.1, -0.05) is 79.9 Å². The highest BCUT2D eigenvalue weighted by Crippen LogP contribution is 2.43. The number of benzene rings is 4. The Morgan fingerprint density at radius 1 is 0.533 bits per heavy atom. The van der Waals surface area contributed by atoms with Gasteiger partial charge in [-0.25, -0.2) is 0 Å². The Hall–Kier alpha value is -3.68. The largest absolute Gasteiger partial charge is 0.488 e. The minimum absolute atomic E-state index is 0.375. The van der Waals surface area contributed by atoms with Gasteiger partial charge in [0, 0.05) is 21.9 Å². The molecule has 0 amide bonds. The van der Waals surface area contributed by atoms with Crippen molar-refractivity contribution in [3.63, 3.8) is 0 Å². The number of halogens is 2. The van der Waals surface area contributed by atoms with Gasteiger partial charge in [-0.3, -0.25) is 9.98 Å². The van der Waals surface area contributed by atoms with E-state index in [-0.39, 0.29) is 0 Å². The van der Waals surface area contributed by atoms with Crippen LogP contribution in [-0.4, -0.2) is 50.8 Å². The number of hydrogen-bond donors (Lipinski definition) is 2. The maximum Gasteiger partial charge on any atom is 0.127 e. The minimum Gasteiger partial charge on any atom is -0.488 e. The molecule has 8 heteroatoms. The number of hydrogen-bond acceptors (Lipinski definition) is 6. The maximum absolute atomic E-state index is 6.08. The summed E-state index contributed by atoms with van der Waals surface area (Å²) in [6.07, 6.45) is 15.5. The van der Waals surface area contributed by atoms with Gasteiger partial charge in [0.05, 0.1) is 22.8 Å². The lowest BCUT2D eigenvalue weighted by atomic mass is 9.85. The number of unbranched alkanes of at least 4 members (excludes halogenated alkanes) is 2. The van der Waals surface area contributed by atoms with Crippen LogP contribution in [0.25, 0.3) is 0 Å². The minimum atomic E-state index is 0.375. The molecule has 2 fully saturated rings. The van der Waals surface area contributed by atoms with Crippen LogP contribution in [0.4, 0.5) is 11.4 Å². The Labute approximate surface area is 370 Å². The Balaban J connectivity index is 0.000000181. The van der Waals surface area contributed by atoms with E-state index in [2.05, 4.69) is 62.6 Å². The van der Waals surface area contributed by atoms with E-state index >= 15 is 0 Å². The number of piperidine rings is 2. The van der Waals surface area contributed by atoms with Gasteiger partial charge in [0.15, 0.2) is 0 Å². The number of aliphatic imine (C=N–C) groups is 2. The third-order valence-corrected chi connectivity index (χ3v) is 14.1. The number of nitrogens with zero attached hydrogens (tertiary/aromatic N) is 2. The first-order chi connectivity index (χ1) is 29.2. The summed E-state index contributed by atoms with van der Waals surface area (Å²) in [4.78, 5) is 10.0. The number of nitrogens with one attached hydrogen (secondary N) is 2. The van der Waals surface area contributed by atoms with E-state index in [0.717, 1.165) is 63.3 Å². The van der Waals surface area contributed by atoms with Crippen LogP contribution in [0.3, 0.4) is 0 Å². The Morgan fingerprint density at radius 3 is 1.55 bits per heavy atom. The highest BCUT2D eigenvalue weighted by atomic mass is 35.5. The third-order valence-electron chi connectivity index (χ3n) is 13.6. The second kappa shape index (κ2) is 21.9. The zero-order chi connectivity index (χ0) is 41.8. The van der Waals surface area contributed by atoms with Crippen LogP contribution in [0.15, 0.2) is 82.8 Å². The van der Waals surface area contributed by atoms with E-state index in [9.17, 15) is 0 Å². The highest BCUT2D eigenvalue weighted by molar-refractivity contribution is 6.30. The van der Waals surface area contributed by atoms with Crippen molar-refractivity contribution < 1.29 is 9.47 Å². The van der Waals surface area contributed by atoms with Crippen LogP contribution in [0.5, 0.6) is 11.5 Å². The van der Waals surface area contributed by atoms with Crippen molar-refractivity contribution in [2.75, 3.05) is 39.4 Å². The van der Waals surface area contributed by atoms with E-state index < -0.39 is 0 Å². The van der Waals surface area contributed by atoms with Gasteiger partial charge in [-0.2, -0.15) is 0 Å². The number of aryl methyl sites for hydroxylation is 2. The molecule has 4 aromatic carbocycles. The Kier molecular flexibility index (Phi) is 16.2. The van der Waals surface area contributed by atoms with Gasteiger partial charge in [0.2, 0.25) is 0 Å². The monoisotopic (exact) mass is 848 g/mol. The molecule has 320 valence electrons. The van der Waals surface area contributed by atoms with E-state index in [1.807, 2.05) is 48.5 Å². The summed E-state index contributed by atoms with van der Waals surface area (Å²) in [5, 5.41) is 8.40. The van der Waals surface area contributed by atoms with Crippen molar-refractivity contribution in [3.8, 4) is 11.5 Å². The first-order valence-corrected chi connectivity index (χ1v) is 23.5. The van der Waals surface area contributed by atoms with E-state index in [4.69, 9.17) is 42.7 Å². The maximum atomic E-state index is 6.08. The molecule has 4 aromatic rings. The van der Waals surface area contributed by atoms with Crippen LogP contribution < -0.4 is 20.1 Å². The molecule has 2 N–H and O–H groups in total. The van der Waals surface area contributed by atoms with Gasteiger partial charge in [-0.05, 0) is 192 Å². The molecule has 2 saturated heterocycles. The first kappa shape index (κ1) is 44.4. The summed E-state index contributed by atoms with van der Waals surface area (Å²) in [5.41, 5.74) is 12.8. The van der Waals surface area contributed by atoms with Gasteiger partial charge >= 0.3 is 0 Å². The Morgan fingerprint density at radius 2 is 1.00 bits per heavy atom. The Bertz CT molecular complexity index is 2070. The third kappa shape index (κ3) is 11.8. The van der Waals surface area contributed by atoms with Crippen LogP contribution in [-0.2, 0) is 0 Å². The molecule has 0 aromatic heterocycles. The highest BCUT2D eigenvalue weighted by Gasteiger charge is 2.31. The van der Waals surface area contributed by atoms with Gasteiger partial charge in [-0.15, -0.1) is 0 Å². The molecular formula is C52H66Cl2N4O2. The fraction of sp³-hybridized carbons (Fsp3) is 0.500. The standard InChI is InChI=1S/2C26H33ClN2O/c1-18-7-12-24-26(19(18)2)23(6-4-3-5-20-13-15-28-16-14-20)25(29-24)17-30-22-10-8-21(27)9-11-22;1-18-7-12-24-23(6-4-3-5-20-13-15-28-16-14-20)25(29-26(24)19(18)2)17-30-22-10-8-21(27)9-11-22/h2*7-12,20,23,28H,3-6,13-17H2,1-2H3. The molecule has 4 aliphatic rings. The zero-order valence-electron chi connectivity index (χ0n) is 36.4. The summed E-state index contributed by atoms with van der Waals surface area (Å²) in [6.45, 7) is 14.6. The van der Waals surface area contributed by atoms with Crippen LogP contribution in [0, 0.1) is 39.5 Å². The fourth-order valence-electron chi connectivity index (χ4n) is 9.59. The average Bonchev–Trinajstić information content (AvgIpc) is 3.82. The smallest absolute Gasteiger partial charge is 0.127 e. The lowest BCUT2D eigenvalue weighted by Gasteiger charge is -2.23. The predicted octanol–water partition coefficient (Wildman–Crippen LogP) is 13.5. The van der Waals surface area contributed by atoms with E-state index in [1.54, 1.807) is 0 Å². The molecule has 0 aliphatic carbocycles. The normalized spacial score (nSPS) is 18.9. The predicted molar refractivity (Wildman–Crippen MR) is 254 cm³/mol. The van der Waals surface area contributed by atoms with Gasteiger partial charge in [0.1, 0.15) is 24.7 Å². The van der Waals surface area contributed by atoms with Crippen molar-refractivity contribution in [1.82, 2.24) is 10.6 Å². The van der Waals surface area contributed by atoms with E-state index in [1.165, 1.54) is 129 Å². The zero-order valence-corrected chi connectivity index (χ0v) is 37.9. The van der Waals surface area contributed by atoms with Crippen molar-refractivity contribution in [2.45, 2.75) is 117 Å². The molecule has 0 bridgehead atoms. The lowest BCUT2D eigenvalue weighted by Crippen LogP contribution is -2.27. The van der Waals surface area contributed by atoms with Gasteiger partial charge in [0.25, 0.3) is 0 Å². The molecule has 8 rings (SSSR count). The molecule has 2 unspecified atom stereocenters. The fourth-order valence-corrected chi connectivity index (χ4v) is 9.84. The molecule has 4 heterocycles. The molecule has 4 aliphatic heterocycles. The van der Waals surface area contributed by atoms with Crippen molar-refractivity contribution in [2.24, 2.45) is 21.8 Å². The van der Waals surface area contributed by atoms with Crippen molar-refractivity contribution in [1.29, 1.82) is 0 Å². The summed E-state index contributed by atoms with van der Waals surface area (Å²) in [6, 6.07) is 24.1. The summed E-state index contributed by atoms with van der Waals surface area (Å²) < 4.78 is 12.2. The average molecular weight is 850 g/mol. The van der Waals surface area contributed by atoms with Gasteiger partial charge < -0.3 is 20.1 Å². The van der Waals surface area contributed by atoms with E-state index in [0.29, 0.717) is 25.0 Å². The molecular weight excluding hydrogens is 784 g/mol. The number of rotatable bonds is 16. The quantitative estimate of drug-likeness (QED) is 0.110. The number of ether oxygens (including phenoxy) is 2. The molecule has 6 nitrogen and oxygen atoms in total. The summed E-state index contributed by atoms with van der Waals surface area (Å²) in [5.74, 6) is 4.26. The SMILES string of the molecule is Cc1ccc2c(c1C)C(CCCCC1CCNCC1)C(COc1ccc(Cl)cc1)=N2.Cc1ccc2c(c1C)N=C(COc1ccc(Cl)cc1)C2CCCCC1CCNCC1.